The summed E-state index contributed by atoms with van der Waals surface area (Å²) in [5.41, 5.74) is 2.54. The van der Waals surface area contributed by atoms with E-state index in [2.05, 4.69) is 15.3 Å². The topological polar surface area (TPSA) is 75.1 Å². The van der Waals surface area contributed by atoms with Crippen molar-refractivity contribution in [1.29, 1.82) is 0 Å². The van der Waals surface area contributed by atoms with Gasteiger partial charge in [-0.15, -0.1) is 23.7 Å². The number of carboxylic acids is 1. The number of halogens is 2. The lowest BCUT2D eigenvalue weighted by Crippen LogP contribution is -1.99. The van der Waals surface area contributed by atoms with Crippen LogP contribution in [-0.4, -0.2) is 21.0 Å². The number of aromatic nitrogens is 2. The molecule has 136 valence electrons. The van der Waals surface area contributed by atoms with Crippen molar-refractivity contribution in [2.75, 3.05) is 5.32 Å². The van der Waals surface area contributed by atoms with Crippen LogP contribution in [0.15, 0.2) is 60.2 Å². The molecule has 2 aromatic heterocycles. The first kappa shape index (κ1) is 18.8. The van der Waals surface area contributed by atoms with Crippen molar-refractivity contribution < 1.29 is 14.3 Å². The van der Waals surface area contributed by atoms with Crippen molar-refractivity contribution in [3.8, 4) is 11.1 Å². The maximum absolute atomic E-state index is 13.2. The number of carbonyl (C=O) groups is 1. The zero-order valence-electron chi connectivity index (χ0n) is 13.7. The maximum atomic E-state index is 13.2. The average Bonchev–Trinajstić information content (AvgIpc) is 3.08. The zero-order chi connectivity index (χ0) is 18.1. The number of hydrogen-bond acceptors (Lipinski definition) is 5. The molecule has 0 spiro atoms. The highest BCUT2D eigenvalue weighted by Gasteiger charge is 2.14. The summed E-state index contributed by atoms with van der Waals surface area (Å²) < 4.78 is 13.2. The van der Waals surface area contributed by atoms with E-state index in [9.17, 15) is 9.18 Å². The lowest BCUT2D eigenvalue weighted by atomic mass is 10.1. The molecule has 0 bridgehead atoms. The molecule has 2 aromatic carbocycles. The van der Waals surface area contributed by atoms with E-state index < -0.39 is 5.97 Å². The SMILES string of the molecule is Cl.O=C(O)c1cccc(Nc2ncnc3scc(-c4ccc(F)cc4)c23)c1. The van der Waals surface area contributed by atoms with Gasteiger partial charge in [-0.25, -0.2) is 19.2 Å². The van der Waals surface area contributed by atoms with Gasteiger partial charge in [-0.05, 0) is 35.9 Å². The molecule has 5 nitrogen and oxygen atoms in total. The van der Waals surface area contributed by atoms with Crippen LogP contribution in [0.4, 0.5) is 15.9 Å². The average molecular weight is 402 g/mol. The van der Waals surface area contributed by atoms with Crippen molar-refractivity contribution in [1.82, 2.24) is 9.97 Å². The van der Waals surface area contributed by atoms with Gasteiger partial charge in [0, 0.05) is 16.6 Å². The summed E-state index contributed by atoms with van der Waals surface area (Å²) in [6.07, 6.45) is 1.46. The van der Waals surface area contributed by atoms with Gasteiger partial charge in [-0.2, -0.15) is 0 Å². The predicted octanol–water partition coefficient (Wildman–Crippen LogP) is 5.36. The van der Waals surface area contributed by atoms with Gasteiger partial charge >= 0.3 is 5.97 Å². The third-order valence-electron chi connectivity index (χ3n) is 3.90. The Morgan fingerprint density at radius 1 is 1.11 bits per heavy atom. The van der Waals surface area contributed by atoms with Gasteiger partial charge in [0.05, 0.1) is 10.9 Å². The largest absolute Gasteiger partial charge is 0.478 e. The van der Waals surface area contributed by atoms with Crippen molar-refractivity contribution in [3.05, 3.63) is 71.6 Å². The second-order valence-corrected chi connectivity index (χ2v) is 6.43. The minimum Gasteiger partial charge on any atom is -0.478 e. The van der Waals surface area contributed by atoms with E-state index in [0.717, 1.165) is 21.3 Å². The van der Waals surface area contributed by atoms with Gasteiger partial charge in [-0.3, -0.25) is 0 Å². The molecule has 0 aliphatic carbocycles. The van der Waals surface area contributed by atoms with Gasteiger partial charge in [-0.1, -0.05) is 18.2 Å². The summed E-state index contributed by atoms with van der Waals surface area (Å²) in [5.74, 6) is -0.726. The molecule has 0 saturated heterocycles. The number of fused-ring (bicyclic) bond motifs is 1. The number of nitrogens with one attached hydrogen (secondary N) is 1. The fourth-order valence-corrected chi connectivity index (χ4v) is 3.59. The van der Waals surface area contributed by atoms with Crippen LogP contribution in [-0.2, 0) is 0 Å². The summed E-state index contributed by atoms with van der Waals surface area (Å²) >= 11 is 1.47. The molecule has 0 aliphatic heterocycles. The number of aromatic carboxylic acids is 1. The number of anilines is 2. The van der Waals surface area contributed by atoms with Crippen LogP contribution in [0.3, 0.4) is 0 Å². The molecule has 27 heavy (non-hydrogen) atoms. The highest BCUT2D eigenvalue weighted by Crippen LogP contribution is 2.37. The normalized spacial score (nSPS) is 10.4. The number of rotatable bonds is 4. The van der Waals surface area contributed by atoms with Gasteiger partial charge < -0.3 is 10.4 Å². The molecule has 0 radical (unpaired) electrons. The Hall–Kier alpha value is -3.03. The van der Waals surface area contributed by atoms with E-state index >= 15 is 0 Å². The van der Waals surface area contributed by atoms with E-state index in [1.54, 1.807) is 30.3 Å². The molecule has 0 aliphatic rings. The minimum atomic E-state index is -0.996. The van der Waals surface area contributed by atoms with Gasteiger partial charge in [0.2, 0.25) is 0 Å². The first-order chi connectivity index (χ1) is 12.6. The van der Waals surface area contributed by atoms with Crippen LogP contribution in [0.2, 0.25) is 0 Å². The summed E-state index contributed by atoms with van der Waals surface area (Å²) in [6.45, 7) is 0. The Morgan fingerprint density at radius 3 is 2.63 bits per heavy atom. The Labute approximate surface area is 163 Å². The summed E-state index contributed by atoms with van der Waals surface area (Å²) in [5, 5.41) is 15.1. The smallest absolute Gasteiger partial charge is 0.335 e. The van der Waals surface area contributed by atoms with Crippen molar-refractivity contribution >= 4 is 51.4 Å². The van der Waals surface area contributed by atoms with Crippen molar-refractivity contribution in [2.45, 2.75) is 0 Å². The van der Waals surface area contributed by atoms with E-state index in [0.29, 0.717) is 11.5 Å². The highest BCUT2D eigenvalue weighted by atomic mass is 35.5. The molecule has 2 N–H and O–H groups in total. The van der Waals surface area contributed by atoms with Crippen LogP contribution >= 0.6 is 23.7 Å². The zero-order valence-corrected chi connectivity index (χ0v) is 15.4. The van der Waals surface area contributed by atoms with E-state index in [4.69, 9.17) is 5.11 Å². The first-order valence-corrected chi connectivity index (χ1v) is 8.58. The molecular formula is C19H13ClFN3O2S. The van der Waals surface area contributed by atoms with E-state index in [1.807, 2.05) is 5.38 Å². The first-order valence-electron chi connectivity index (χ1n) is 7.70. The lowest BCUT2D eigenvalue weighted by Gasteiger charge is -2.09. The van der Waals surface area contributed by atoms with Crippen molar-refractivity contribution in [2.24, 2.45) is 0 Å². The highest BCUT2D eigenvalue weighted by molar-refractivity contribution is 7.17. The molecule has 0 atom stereocenters. The maximum Gasteiger partial charge on any atom is 0.335 e. The van der Waals surface area contributed by atoms with Crippen LogP contribution in [0.5, 0.6) is 0 Å². The number of benzene rings is 2. The monoisotopic (exact) mass is 401 g/mol. The van der Waals surface area contributed by atoms with Crippen LogP contribution in [0.1, 0.15) is 10.4 Å². The second kappa shape index (κ2) is 7.69. The molecule has 4 rings (SSSR count). The van der Waals surface area contributed by atoms with Crippen molar-refractivity contribution in [3.63, 3.8) is 0 Å². The second-order valence-electron chi connectivity index (χ2n) is 5.57. The van der Waals surface area contributed by atoms with Crippen LogP contribution in [0, 0.1) is 5.82 Å². The third kappa shape index (κ3) is 3.74. The summed E-state index contributed by atoms with van der Waals surface area (Å²) in [4.78, 5) is 20.6. The standard InChI is InChI=1S/C19H12FN3O2S.ClH/c20-13-6-4-11(5-7-13)15-9-26-18-16(15)17(21-10-22-18)23-14-3-1-2-12(8-14)19(24)25;/h1-10H,(H,24,25)(H,21,22,23);1H. The van der Waals surface area contributed by atoms with Crippen LogP contribution < -0.4 is 5.32 Å². The molecule has 0 saturated carbocycles. The van der Waals surface area contributed by atoms with Gasteiger partial charge in [0.1, 0.15) is 22.8 Å². The number of thiophene rings is 1. The summed E-state index contributed by atoms with van der Waals surface area (Å²) in [6, 6.07) is 12.7. The molecule has 0 unspecified atom stereocenters. The van der Waals surface area contributed by atoms with Crippen LogP contribution in [0.25, 0.3) is 21.3 Å². The number of hydrogen-bond donors (Lipinski definition) is 2. The van der Waals surface area contributed by atoms with Gasteiger partial charge in [0.25, 0.3) is 0 Å². The number of nitrogens with zero attached hydrogens (tertiary/aromatic N) is 2. The quantitative estimate of drug-likeness (QED) is 0.481. The molecule has 0 amide bonds. The molecular weight excluding hydrogens is 389 g/mol. The molecule has 8 heteroatoms. The Kier molecular flexibility index (Phi) is 5.34. The molecule has 2 heterocycles. The van der Waals surface area contributed by atoms with Gasteiger partial charge in [0.15, 0.2) is 0 Å². The Morgan fingerprint density at radius 2 is 1.89 bits per heavy atom. The predicted molar refractivity (Wildman–Crippen MR) is 107 cm³/mol. The molecule has 4 aromatic rings. The summed E-state index contributed by atoms with van der Waals surface area (Å²) in [7, 11) is 0. The minimum absolute atomic E-state index is 0. The third-order valence-corrected chi connectivity index (χ3v) is 4.78. The molecule has 0 fully saturated rings. The fourth-order valence-electron chi connectivity index (χ4n) is 2.68. The lowest BCUT2D eigenvalue weighted by molar-refractivity contribution is 0.0697. The Balaban J connectivity index is 0.00000210. The van der Waals surface area contributed by atoms with E-state index in [1.165, 1.54) is 35.9 Å². The Bertz CT molecular complexity index is 1120. The fraction of sp³-hybridized carbons (Fsp3) is 0. The number of carboxylic acid groups (broad SMARTS) is 1. The van der Waals surface area contributed by atoms with E-state index in [-0.39, 0.29) is 23.8 Å².